The summed E-state index contributed by atoms with van der Waals surface area (Å²) >= 11 is 0. The Labute approximate surface area is 134 Å². The standard InChI is InChI=1S/C18H16N2O3/c1-14(21)20-19-13-16-7-10-17(11-8-16)23-18(22)12-9-15-5-3-2-4-6-15/h2-13H,1H3,(H,20,21)/b12-9+,19-13-. The molecular formula is C18H16N2O3. The predicted molar refractivity (Wildman–Crippen MR) is 89.0 cm³/mol. The van der Waals surface area contributed by atoms with Crippen molar-refractivity contribution >= 4 is 24.2 Å². The lowest BCUT2D eigenvalue weighted by atomic mass is 10.2. The average Bonchev–Trinajstić information content (AvgIpc) is 2.55. The van der Waals surface area contributed by atoms with E-state index in [2.05, 4.69) is 10.5 Å². The number of nitrogens with one attached hydrogen (secondary N) is 1. The van der Waals surface area contributed by atoms with Gasteiger partial charge in [-0.15, -0.1) is 0 Å². The summed E-state index contributed by atoms with van der Waals surface area (Å²) in [5.41, 5.74) is 4.01. The second kappa shape index (κ2) is 8.29. The SMILES string of the molecule is CC(=O)N/N=C\c1ccc(OC(=O)/C=C/c2ccccc2)cc1. The summed E-state index contributed by atoms with van der Waals surface area (Å²) in [6, 6.07) is 16.3. The Bertz CT molecular complexity index is 720. The van der Waals surface area contributed by atoms with Crippen LogP contribution in [0.25, 0.3) is 6.08 Å². The van der Waals surface area contributed by atoms with Crippen LogP contribution in [-0.4, -0.2) is 18.1 Å². The maximum absolute atomic E-state index is 11.7. The molecule has 2 rings (SSSR count). The van der Waals surface area contributed by atoms with Crippen molar-refractivity contribution in [2.45, 2.75) is 6.92 Å². The van der Waals surface area contributed by atoms with Crippen LogP contribution in [0, 0.1) is 0 Å². The van der Waals surface area contributed by atoms with Gasteiger partial charge < -0.3 is 4.74 Å². The van der Waals surface area contributed by atoms with Crippen molar-refractivity contribution in [1.29, 1.82) is 0 Å². The van der Waals surface area contributed by atoms with Crippen LogP contribution in [0.15, 0.2) is 65.8 Å². The summed E-state index contributed by atoms with van der Waals surface area (Å²) in [6.07, 6.45) is 4.57. The molecule has 0 bridgehead atoms. The normalized spacial score (nSPS) is 10.8. The quantitative estimate of drug-likeness (QED) is 0.304. The van der Waals surface area contributed by atoms with E-state index in [-0.39, 0.29) is 5.91 Å². The lowest BCUT2D eigenvalue weighted by Crippen LogP contribution is -2.12. The second-order valence-corrected chi connectivity index (χ2v) is 4.66. The first kappa shape index (κ1) is 16.2. The minimum Gasteiger partial charge on any atom is -0.423 e. The van der Waals surface area contributed by atoms with Crippen LogP contribution >= 0.6 is 0 Å². The van der Waals surface area contributed by atoms with E-state index in [0.717, 1.165) is 11.1 Å². The monoisotopic (exact) mass is 308 g/mol. The Morgan fingerprint density at radius 3 is 2.35 bits per heavy atom. The van der Waals surface area contributed by atoms with E-state index < -0.39 is 5.97 Å². The number of benzene rings is 2. The molecule has 2 aromatic carbocycles. The van der Waals surface area contributed by atoms with Crippen LogP contribution in [0.1, 0.15) is 18.1 Å². The van der Waals surface area contributed by atoms with E-state index >= 15 is 0 Å². The molecule has 0 fully saturated rings. The van der Waals surface area contributed by atoms with Gasteiger partial charge in [-0.05, 0) is 41.5 Å². The van der Waals surface area contributed by atoms with Gasteiger partial charge >= 0.3 is 5.97 Å². The van der Waals surface area contributed by atoms with Gasteiger partial charge in [0.25, 0.3) is 0 Å². The van der Waals surface area contributed by atoms with E-state index in [1.54, 1.807) is 30.3 Å². The Kier molecular flexibility index (Phi) is 5.82. The highest BCUT2D eigenvalue weighted by Crippen LogP contribution is 2.12. The number of carbonyl (C=O) groups excluding carboxylic acids is 2. The van der Waals surface area contributed by atoms with Crippen molar-refractivity contribution in [2.24, 2.45) is 5.10 Å². The van der Waals surface area contributed by atoms with Gasteiger partial charge in [-0.2, -0.15) is 5.10 Å². The van der Waals surface area contributed by atoms with Crippen molar-refractivity contribution in [3.05, 3.63) is 71.8 Å². The molecule has 23 heavy (non-hydrogen) atoms. The molecule has 0 radical (unpaired) electrons. The summed E-state index contributed by atoms with van der Waals surface area (Å²) in [5, 5.41) is 3.75. The fraction of sp³-hybridized carbons (Fsp3) is 0.0556. The highest BCUT2D eigenvalue weighted by atomic mass is 16.5. The first-order valence-corrected chi connectivity index (χ1v) is 6.98. The molecule has 0 heterocycles. The van der Waals surface area contributed by atoms with E-state index in [1.807, 2.05) is 30.3 Å². The van der Waals surface area contributed by atoms with E-state index in [4.69, 9.17) is 4.74 Å². The summed E-state index contributed by atoms with van der Waals surface area (Å²) in [4.78, 5) is 22.4. The van der Waals surface area contributed by atoms with Crippen LogP contribution in [0.3, 0.4) is 0 Å². The number of carbonyl (C=O) groups is 2. The molecule has 116 valence electrons. The molecule has 0 saturated heterocycles. The molecule has 1 N–H and O–H groups in total. The van der Waals surface area contributed by atoms with Gasteiger partial charge in [-0.3, -0.25) is 4.79 Å². The Morgan fingerprint density at radius 2 is 1.70 bits per heavy atom. The number of ether oxygens (including phenoxy) is 1. The third kappa shape index (κ3) is 5.97. The van der Waals surface area contributed by atoms with E-state index in [9.17, 15) is 9.59 Å². The summed E-state index contributed by atoms with van der Waals surface area (Å²) in [7, 11) is 0. The molecule has 2 aromatic rings. The van der Waals surface area contributed by atoms with Gasteiger partial charge in [-0.25, -0.2) is 10.2 Å². The zero-order valence-electron chi connectivity index (χ0n) is 12.6. The van der Waals surface area contributed by atoms with Gasteiger partial charge in [0, 0.05) is 13.0 Å². The summed E-state index contributed by atoms with van der Waals surface area (Å²) < 4.78 is 5.19. The molecule has 1 amide bonds. The van der Waals surface area contributed by atoms with Crippen LogP contribution in [0.2, 0.25) is 0 Å². The largest absolute Gasteiger partial charge is 0.423 e. The van der Waals surface area contributed by atoms with E-state index in [0.29, 0.717) is 5.75 Å². The van der Waals surface area contributed by atoms with Gasteiger partial charge in [0.2, 0.25) is 5.91 Å². The highest BCUT2D eigenvalue weighted by molar-refractivity contribution is 5.89. The molecule has 0 spiro atoms. The van der Waals surface area contributed by atoms with Gasteiger partial charge in [0.1, 0.15) is 5.75 Å². The Balaban J connectivity index is 1.90. The number of esters is 1. The van der Waals surface area contributed by atoms with Crippen molar-refractivity contribution < 1.29 is 14.3 Å². The summed E-state index contributed by atoms with van der Waals surface area (Å²) in [6.45, 7) is 1.38. The molecule has 0 unspecified atom stereocenters. The first-order valence-electron chi connectivity index (χ1n) is 6.98. The van der Waals surface area contributed by atoms with Gasteiger partial charge in [-0.1, -0.05) is 30.3 Å². The third-order valence-electron chi connectivity index (χ3n) is 2.75. The number of rotatable bonds is 5. The van der Waals surface area contributed by atoms with Gasteiger partial charge in [0.05, 0.1) is 6.21 Å². The molecule has 5 heteroatoms. The molecule has 0 aliphatic heterocycles. The van der Waals surface area contributed by atoms with Crippen LogP contribution < -0.4 is 10.2 Å². The molecule has 0 saturated carbocycles. The molecule has 0 aliphatic carbocycles. The number of amides is 1. The Hall–Kier alpha value is -3.21. The first-order chi connectivity index (χ1) is 11.1. The molecule has 5 nitrogen and oxygen atoms in total. The Morgan fingerprint density at radius 1 is 1.00 bits per heavy atom. The lowest BCUT2D eigenvalue weighted by molar-refractivity contribution is -0.129. The number of hydrogen-bond donors (Lipinski definition) is 1. The zero-order valence-corrected chi connectivity index (χ0v) is 12.6. The molecule has 0 aliphatic rings. The fourth-order valence-electron chi connectivity index (χ4n) is 1.70. The van der Waals surface area contributed by atoms with E-state index in [1.165, 1.54) is 19.2 Å². The van der Waals surface area contributed by atoms with Crippen molar-refractivity contribution in [3.8, 4) is 5.75 Å². The molecule has 0 aromatic heterocycles. The van der Waals surface area contributed by atoms with Crippen molar-refractivity contribution in [1.82, 2.24) is 5.43 Å². The minimum atomic E-state index is -0.450. The maximum Gasteiger partial charge on any atom is 0.336 e. The average molecular weight is 308 g/mol. The lowest BCUT2D eigenvalue weighted by Gasteiger charge is -2.01. The molecule has 0 atom stereocenters. The van der Waals surface area contributed by atoms with Crippen LogP contribution in [-0.2, 0) is 9.59 Å². The topological polar surface area (TPSA) is 67.8 Å². The van der Waals surface area contributed by atoms with Crippen molar-refractivity contribution in [3.63, 3.8) is 0 Å². The zero-order chi connectivity index (χ0) is 16.5. The molecular weight excluding hydrogens is 292 g/mol. The number of hydrogen-bond acceptors (Lipinski definition) is 4. The maximum atomic E-state index is 11.7. The van der Waals surface area contributed by atoms with Crippen LogP contribution in [0.5, 0.6) is 5.75 Å². The summed E-state index contributed by atoms with van der Waals surface area (Å²) in [5.74, 6) is -0.255. The number of nitrogens with zero attached hydrogens (tertiary/aromatic N) is 1. The second-order valence-electron chi connectivity index (χ2n) is 4.66. The van der Waals surface area contributed by atoms with Gasteiger partial charge in [0.15, 0.2) is 0 Å². The van der Waals surface area contributed by atoms with Crippen molar-refractivity contribution in [2.75, 3.05) is 0 Å². The highest BCUT2D eigenvalue weighted by Gasteiger charge is 2.00. The number of hydrazone groups is 1. The predicted octanol–water partition coefficient (Wildman–Crippen LogP) is 2.78. The fourth-order valence-corrected chi connectivity index (χ4v) is 1.70. The third-order valence-corrected chi connectivity index (χ3v) is 2.75. The smallest absolute Gasteiger partial charge is 0.336 e. The van der Waals surface area contributed by atoms with Crippen LogP contribution in [0.4, 0.5) is 0 Å². The minimum absolute atomic E-state index is 0.239.